The van der Waals surface area contributed by atoms with Crippen LogP contribution in [0, 0.1) is 0 Å². The molecular formula is C15H17NO3. The van der Waals surface area contributed by atoms with Crippen molar-refractivity contribution in [2.45, 2.75) is 13.0 Å². The second kappa shape index (κ2) is 6.20. The number of benzene rings is 2. The number of fused-ring (bicyclic) bond motifs is 1. The maximum Gasteiger partial charge on any atom is 0.320 e. The highest BCUT2D eigenvalue weighted by atomic mass is 16.5. The molecule has 0 aliphatic heterocycles. The van der Waals surface area contributed by atoms with Gasteiger partial charge in [0, 0.05) is 6.54 Å². The first-order valence-corrected chi connectivity index (χ1v) is 6.24. The number of hydrogen-bond acceptors (Lipinski definition) is 3. The van der Waals surface area contributed by atoms with Gasteiger partial charge in [-0.1, -0.05) is 30.3 Å². The van der Waals surface area contributed by atoms with E-state index in [1.54, 1.807) is 6.92 Å². The van der Waals surface area contributed by atoms with Crippen molar-refractivity contribution in [2.75, 3.05) is 13.2 Å². The second-order valence-corrected chi connectivity index (χ2v) is 4.37. The molecule has 0 aliphatic carbocycles. The fourth-order valence-corrected chi connectivity index (χ4v) is 1.79. The van der Waals surface area contributed by atoms with E-state index < -0.39 is 12.0 Å². The number of carboxylic acid groups (broad SMARTS) is 1. The molecule has 4 nitrogen and oxygen atoms in total. The minimum Gasteiger partial charge on any atom is -0.492 e. The van der Waals surface area contributed by atoms with E-state index in [-0.39, 0.29) is 0 Å². The maximum absolute atomic E-state index is 10.6. The second-order valence-electron chi connectivity index (χ2n) is 4.37. The fourth-order valence-electron chi connectivity index (χ4n) is 1.79. The zero-order valence-electron chi connectivity index (χ0n) is 10.8. The average Bonchev–Trinajstić information content (AvgIpc) is 2.43. The van der Waals surface area contributed by atoms with Crippen LogP contribution < -0.4 is 10.1 Å². The van der Waals surface area contributed by atoms with Gasteiger partial charge < -0.3 is 15.2 Å². The average molecular weight is 259 g/mol. The summed E-state index contributed by atoms with van der Waals surface area (Å²) in [5.41, 5.74) is 0. The molecule has 0 aromatic heterocycles. The Morgan fingerprint density at radius 2 is 2.00 bits per heavy atom. The predicted molar refractivity (Wildman–Crippen MR) is 74.5 cm³/mol. The molecule has 2 N–H and O–H groups in total. The van der Waals surface area contributed by atoms with Gasteiger partial charge in [-0.2, -0.15) is 0 Å². The quantitative estimate of drug-likeness (QED) is 0.781. The van der Waals surface area contributed by atoms with Gasteiger partial charge in [0.2, 0.25) is 0 Å². The Kier molecular flexibility index (Phi) is 4.36. The van der Waals surface area contributed by atoms with Gasteiger partial charge >= 0.3 is 5.97 Å². The molecule has 2 aromatic carbocycles. The van der Waals surface area contributed by atoms with Crippen molar-refractivity contribution in [3.63, 3.8) is 0 Å². The summed E-state index contributed by atoms with van der Waals surface area (Å²) < 4.78 is 5.59. The molecular weight excluding hydrogens is 242 g/mol. The largest absolute Gasteiger partial charge is 0.492 e. The van der Waals surface area contributed by atoms with E-state index in [1.165, 1.54) is 5.39 Å². The molecule has 2 aromatic rings. The normalized spacial score (nSPS) is 12.3. The Morgan fingerprint density at radius 3 is 2.74 bits per heavy atom. The van der Waals surface area contributed by atoms with Crippen LogP contribution in [0.4, 0.5) is 0 Å². The van der Waals surface area contributed by atoms with Gasteiger partial charge in [0.1, 0.15) is 18.4 Å². The zero-order valence-corrected chi connectivity index (χ0v) is 10.8. The molecule has 0 heterocycles. The highest BCUT2D eigenvalue weighted by molar-refractivity contribution is 5.83. The number of ether oxygens (including phenoxy) is 1. The van der Waals surface area contributed by atoms with Crippen LogP contribution in [-0.4, -0.2) is 30.3 Å². The van der Waals surface area contributed by atoms with Crippen LogP contribution >= 0.6 is 0 Å². The summed E-state index contributed by atoms with van der Waals surface area (Å²) in [7, 11) is 0. The van der Waals surface area contributed by atoms with E-state index in [0.29, 0.717) is 13.2 Å². The number of hydrogen-bond donors (Lipinski definition) is 2. The summed E-state index contributed by atoms with van der Waals surface area (Å²) in [5.74, 6) is -0.0609. The number of carbonyl (C=O) groups is 1. The van der Waals surface area contributed by atoms with E-state index in [2.05, 4.69) is 11.4 Å². The number of carboxylic acids is 1. The molecule has 0 saturated carbocycles. The summed E-state index contributed by atoms with van der Waals surface area (Å²) in [6.45, 7) is 2.55. The fraction of sp³-hybridized carbons (Fsp3) is 0.267. The Hall–Kier alpha value is -2.07. The molecule has 0 fully saturated rings. The van der Waals surface area contributed by atoms with Crippen molar-refractivity contribution in [2.24, 2.45) is 0 Å². The molecule has 4 heteroatoms. The van der Waals surface area contributed by atoms with Gasteiger partial charge in [-0.25, -0.2) is 0 Å². The van der Waals surface area contributed by atoms with Crippen LogP contribution in [0.3, 0.4) is 0 Å². The monoisotopic (exact) mass is 259 g/mol. The third kappa shape index (κ3) is 3.69. The van der Waals surface area contributed by atoms with Crippen molar-refractivity contribution in [1.29, 1.82) is 0 Å². The Bertz CT molecular complexity index is 568. The molecule has 0 bridgehead atoms. The Balaban J connectivity index is 1.86. The molecule has 19 heavy (non-hydrogen) atoms. The van der Waals surface area contributed by atoms with Gasteiger partial charge in [0.15, 0.2) is 0 Å². The molecule has 100 valence electrons. The molecule has 0 saturated heterocycles. The third-order valence-corrected chi connectivity index (χ3v) is 2.91. The van der Waals surface area contributed by atoms with E-state index in [1.807, 2.05) is 36.4 Å². The molecule has 2 rings (SSSR count). The summed E-state index contributed by atoms with van der Waals surface area (Å²) >= 11 is 0. The highest BCUT2D eigenvalue weighted by Gasteiger charge is 2.08. The van der Waals surface area contributed by atoms with Crippen LogP contribution in [0.25, 0.3) is 10.8 Å². The van der Waals surface area contributed by atoms with Crippen molar-refractivity contribution >= 4 is 16.7 Å². The third-order valence-electron chi connectivity index (χ3n) is 2.91. The molecule has 0 amide bonds. The predicted octanol–water partition coefficient (Wildman–Crippen LogP) is 2.28. The molecule has 0 spiro atoms. The van der Waals surface area contributed by atoms with Crippen LogP contribution in [0.5, 0.6) is 5.75 Å². The summed E-state index contributed by atoms with van der Waals surface area (Å²) in [5, 5.41) is 13.9. The smallest absolute Gasteiger partial charge is 0.320 e. The summed E-state index contributed by atoms with van der Waals surface area (Å²) in [6, 6.07) is 13.4. The number of nitrogens with one attached hydrogen (secondary N) is 1. The lowest BCUT2D eigenvalue weighted by Gasteiger charge is -2.10. The van der Waals surface area contributed by atoms with Crippen LogP contribution in [0.15, 0.2) is 42.5 Å². The lowest BCUT2D eigenvalue weighted by molar-refractivity contribution is -0.139. The van der Waals surface area contributed by atoms with Gasteiger partial charge in [-0.15, -0.1) is 0 Å². The van der Waals surface area contributed by atoms with Crippen molar-refractivity contribution in [3.8, 4) is 5.75 Å². The van der Waals surface area contributed by atoms with Gasteiger partial charge in [-0.05, 0) is 29.8 Å². The summed E-state index contributed by atoms with van der Waals surface area (Å²) in [4.78, 5) is 10.6. The molecule has 0 radical (unpaired) electrons. The van der Waals surface area contributed by atoms with Crippen LogP contribution in [0.1, 0.15) is 6.92 Å². The maximum atomic E-state index is 10.6. The Morgan fingerprint density at radius 1 is 1.26 bits per heavy atom. The van der Waals surface area contributed by atoms with E-state index in [4.69, 9.17) is 9.84 Å². The van der Waals surface area contributed by atoms with Crippen LogP contribution in [-0.2, 0) is 4.79 Å². The number of aliphatic carboxylic acids is 1. The highest BCUT2D eigenvalue weighted by Crippen LogP contribution is 2.20. The van der Waals surface area contributed by atoms with Crippen LogP contribution in [0.2, 0.25) is 0 Å². The lowest BCUT2D eigenvalue weighted by atomic mass is 10.1. The van der Waals surface area contributed by atoms with Gasteiger partial charge in [0.05, 0.1) is 0 Å². The van der Waals surface area contributed by atoms with Crippen molar-refractivity contribution in [1.82, 2.24) is 5.32 Å². The topological polar surface area (TPSA) is 58.6 Å². The summed E-state index contributed by atoms with van der Waals surface area (Å²) in [6.07, 6.45) is 0. The molecule has 1 atom stereocenters. The van der Waals surface area contributed by atoms with Crippen molar-refractivity contribution < 1.29 is 14.6 Å². The first-order valence-electron chi connectivity index (χ1n) is 6.24. The first-order chi connectivity index (χ1) is 9.16. The molecule has 1 unspecified atom stereocenters. The van der Waals surface area contributed by atoms with E-state index in [9.17, 15) is 4.79 Å². The van der Waals surface area contributed by atoms with Gasteiger partial charge in [0.25, 0.3) is 0 Å². The SMILES string of the molecule is CC(NCCOc1ccc2ccccc2c1)C(=O)O. The number of rotatable bonds is 6. The minimum absolute atomic E-state index is 0.440. The van der Waals surface area contributed by atoms with Crippen molar-refractivity contribution in [3.05, 3.63) is 42.5 Å². The molecule has 0 aliphatic rings. The lowest BCUT2D eigenvalue weighted by Crippen LogP contribution is -2.36. The standard InChI is InChI=1S/C15H17NO3/c1-11(15(17)18)16-8-9-19-14-7-6-12-4-2-3-5-13(12)10-14/h2-7,10-11,16H,8-9H2,1H3,(H,17,18). The zero-order chi connectivity index (χ0) is 13.7. The Labute approximate surface area is 112 Å². The van der Waals surface area contributed by atoms with E-state index in [0.717, 1.165) is 11.1 Å². The first kappa shape index (κ1) is 13.4. The minimum atomic E-state index is -0.856. The van der Waals surface area contributed by atoms with Gasteiger partial charge in [-0.3, -0.25) is 4.79 Å². The van der Waals surface area contributed by atoms with E-state index >= 15 is 0 Å².